The van der Waals surface area contributed by atoms with Crippen molar-refractivity contribution in [3.8, 4) is 0 Å². The topological polar surface area (TPSA) is 29.4 Å². The Morgan fingerprint density at radius 3 is 2.00 bits per heavy atom. The Balaban J connectivity index is 5.13. The minimum Gasteiger partial charge on any atom is -0.265 e. The van der Waals surface area contributed by atoms with Crippen LogP contribution in [0.15, 0.2) is 4.03 Å². The van der Waals surface area contributed by atoms with Gasteiger partial charge in [-0.3, -0.25) is 4.03 Å². The lowest BCUT2D eigenvalue weighted by molar-refractivity contribution is 0.684. The van der Waals surface area contributed by atoms with Gasteiger partial charge >= 0.3 is 0 Å². The number of halogens is 1. The van der Waals surface area contributed by atoms with Gasteiger partial charge in [0.1, 0.15) is 8.94 Å². The summed E-state index contributed by atoms with van der Waals surface area (Å²) in [6, 6.07) is 0. The average molecular weight is 242 g/mol. The van der Waals surface area contributed by atoms with Gasteiger partial charge in [-0.25, -0.2) is 4.21 Å². The molecular formula is C8H20ClNOSSi. The second kappa shape index (κ2) is 3.91. The summed E-state index contributed by atoms with van der Waals surface area (Å²) in [4.78, 5) is 0. The number of hydrogen-bond acceptors (Lipinski definition) is 2. The van der Waals surface area contributed by atoms with Crippen molar-refractivity contribution in [2.45, 2.75) is 45.8 Å². The van der Waals surface area contributed by atoms with E-state index in [4.69, 9.17) is 10.7 Å². The summed E-state index contributed by atoms with van der Waals surface area (Å²) in [5.41, 5.74) is 0. The first-order valence-corrected chi connectivity index (χ1v) is 9.93. The van der Waals surface area contributed by atoms with E-state index >= 15 is 0 Å². The van der Waals surface area contributed by atoms with Crippen LogP contribution in [-0.2, 0) is 8.94 Å². The highest BCUT2D eigenvalue weighted by atomic mass is 35.7. The Bertz CT molecular complexity index is 287. The molecule has 0 N–H and O–H groups in total. The fraction of sp³-hybridized carbons (Fsp3) is 1.00. The van der Waals surface area contributed by atoms with E-state index in [0.717, 1.165) is 0 Å². The van der Waals surface area contributed by atoms with E-state index in [-0.39, 0.29) is 5.04 Å². The molecule has 0 aliphatic heterocycles. The SMILES string of the molecule is CCS(=O)(Cl)=N[Si](C)(C)C(C)(C)C. The van der Waals surface area contributed by atoms with Crippen LogP contribution in [0.5, 0.6) is 0 Å². The van der Waals surface area contributed by atoms with Crippen LogP contribution in [0.3, 0.4) is 0 Å². The summed E-state index contributed by atoms with van der Waals surface area (Å²) in [7, 11) is 1.51. The zero-order valence-electron chi connectivity index (χ0n) is 9.35. The molecule has 80 valence electrons. The molecule has 0 heterocycles. The molecule has 0 aromatic rings. The number of hydrogen-bond donors (Lipinski definition) is 0. The van der Waals surface area contributed by atoms with Gasteiger partial charge in [-0.15, -0.1) is 0 Å². The highest BCUT2D eigenvalue weighted by molar-refractivity contribution is 8.16. The van der Waals surface area contributed by atoms with E-state index in [2.05, 4.69) is 37.9 Å². The summed E-state index contributed by atoms with van der Waals surface area (Å²) in [5, 5.41) is 0.111. The lowest BCUT2D eigenvalue weighted by Crippen LogP contribution is -2.36. The molecule has 2 nitrogen and oxygen atoms in total. The minimum atomic E-state index is -2.45. The first-order chi connectivity index (χ1) is 5.52. The Kier molecular flexibility index (Phi) is 4.04. The molecule has 0 aromatic carbocycles. The van der Waals surface area contributed by atoms with E-state index < -0.39 is 17.2 Å². The van der Waals surface area contributed by atoms with Crippen LogP contribution >= 0.6 is 10.7 Å². The average Bonchev–Trinajstić information content (AvgIpc) is 1.83. The van der Waals surface area contributed by atoms with Crippen molar-refractivity contribution in [1.82, 2.24) is 0 Å². The maximum atomic E-state index is 11.7. The smallest absolute Gasteiger partial charge is 0.194 e. The fourth-order valence-electron chi connectivity index (χ4n) is 0.542. The van der Waals surface area contributed by atoms with Crippen LogP contribution in [0.1, 0.15) is 27.7 Å². The molecule has 5 heteroatoms. The van der Waals surface area contributed by atoms with Crippen LogP contribution in [0.2, 0.25) is 18.1 Å². The van der Waals surface area contributed by atoms with E-state index in [1.807, 2.05) is 6.92 Å². The second-order valence-corrected chi connectivity index (χ2v) is 13.2. The van der Waals surface area contributed by atoms with Gasteiger partial charge in [0.05, 0.1) is 0 Å². The molecule has 0 rings (SSSR count). The second-order valence-electron chi connectivity index (χ2n) is 4.75. The van der Waals surface area contributed by atoms with E-state index in [1.54, 1.807) is 0 Å². The summed E-state index contributed by atoms with van der Waals surface area (Å²) in [6.45, 7) is 12.4. The first-order valence-electron chi connectivity index (χ1n) is 4.47. The molecule has 0 saturated heterocycles. The molecule has 0 fully saturated rings. The quantitative estimate of drug-likeness (QED) is 0.536. The maximum Gasteiger partial charge on any atom is 0.194 e. The van der Waals surface area contributed by atoms with Crippen molar-refractivity contribution in [2.24, 2.45) is 4.03 Å². The molecule has 13 heavy (non-hydrogen) atoms. The van der Waals surface area contributed by atoms with Crippen molar-refractivity contribution in [1.29, 1.82) is 0 Å². The van der Waals surface area contributed by atoms with Crippen LogP contribution in [-0.4, -0.2) is 18.2 Å². The van der Waals surface area contributed by atoms with Crippen molar-refractivity contribution in [3.05, 3.63) is 0 Å². The van der Waals surface area contributed by atoms with Crippen molar-refractivity contribution in [3.63, 3.8) is 0 Å². The maximum absolute atomic E-state index is 11.7. The number of nitrogens with zero attached hydrogens (tertiary/aromatic N) is 1. The van der Waals surface area contributed by atoms with Gasteiger partial charge < -0.3 is 0 Å². The highest BCUT2D eigenvalue weighted by Crippen LogP contribution is 2.37. The summed E-state index contributed by atoms with van der Waals surface area (Å²) in [5.74, 6) is 0.432. The summed E-state index contributed by atoms with van der Waals surface area (Å²) in [6.07, 6.45) is 0. The molecule has 0 spiro atoms. The molecule has 0 aromatic heterocycles. The molecule has 0 saturated carbocycles. The van der Waals surface area contributed by atoms with Gasteiger partial charge in [0, 0.05) is 5.75 Å². The lowest BCUT2D eigenvalue weighted by atomic mass is 10.2. The molecule has 0 amide bonds. The first kappa shape index (κ1) is 13.5. The molecule has 0 radical (unpaired) electrons. The third kappa shape index (κ3) is 4.00. The van der Waals surface area contributed by atoms with Crippen LogP contribution in [0, 0.1) is 0 Å². The third-order valence-corrected chi connectivity index (χ3v) is 11.1. The van der Waals surface area contributed by atoms with Gasteiger partial charge in [0.2, 0.25) is 0 Å². The van der Waals surface area contributed by atoms with Gasteiger partial charge in [-0.05, 0) is 28.8 Å². The Morgan fingerprint density at radius 2 is 1.77 bits per heavy atom. The molecular weight excluding hydrogens is 222 g/mol. The molecule has 0 bridgehead atoms. The van der Waals surface area contributed by atoms with Crippen molar-refractivity contribution >= 4 is 27.9 Å². The van der Waals surface area contributed by atoms with E-state index in [1.165, 1.54) is 0 Å². The molecule has 1 unspecified atom stereocenters. The summed E-state index contributed by atoms with van der Waals surface area (Å²) < 4.78 is 16.0. The zero-order chi connectivity index (χ0) is 10.9. The fourth-order valence-corrected chi connectivity index (χ4v) is 6.43. The number of rotatable bonds is 2. The van der Waals surface area contributed by atoms with Gasteiger partial charge in [0.15, 0.2) is 8.24 Å². The largest absolute Gasteiger partial charge is 0.265 e. The van der Waals surface area contributed by atoms with Crippen molar-refractivity contribution in [2.75, 3.05) is 5.75 Å². The predicted octanol–water partition coefficient (Wildman–Crippen LogP) is 3.63. The summed E-state index contributed by atoms with van der Waals surface area (Å²) >= 11 is 0. The highest BCUT2D eigenvalue weighted by Gasteiger charge is 2.37. The Hall–Kier alpha value is 0.457. The van der Waals surface area contributed by atoms with Crippen molar-refractivity contribution < 1.29 is 4.21 Å². The molecule has 1 atom stereocenters. The van der Waals surface area contributed by atoms with Crippen LogP contribution in [0.4, 0.5) is 0 Å². The normalized spacial score (nSPS) is 18.1. The predicted molar refractivity (Wildman–Crippen MR) is 64.2 cm³/mol. The third-order valence-electron chi connectivity index (χ3n) is 2.56. The monoisotopic (exact) mass is 241 g/mol. The van der Waals surface area contributed by atoms with Gasteiger partial charge in [-0.2, -0.15) is 0 Å². The van der Waals surface area contributed by atoms with Crippen LogP contribution in [0.25, 0.3) is 0 Å². The molecule has 0 aliphatic carbocycles. The Labute approximate surface area is 87.8 Å². The molecule has 0 aliphatic rings. The van der Waals surface area contributed by atoms with Gasteiger partial charge in [-0.1, -0.05) is 27.7 Å². The van der Waals surface area contributed by atoms with E-state index in [9.17, 15) is 4.21 Å². The minimum absolute atomic E-state index is 0.111. The van der Waals surface area contributed by atoms with Gasteiger partial charge in [0.25, 0.3) is 0 Å². The Morgan fingerprint density at radius 1 is 1.38 bits per heavy atom. The van der Waals surface area contributed by atoms with Crippen LogP contribution < -0.4 is 0 Å². The standard InChI is InChI=1S/C8H20ClNOSSi/c1-7-12(9,11)10-13(5,6)8(2,3)4/h7H2,1-6H3. The van der Waals surface area contributed by atoms with E-state index in [0.29, 0.717) is 5.75 Å². The zero-order valence-corrected chi connectivity index (χ0v) is 11.9. The lowest BCUT2D eigenvalue weighted by Gasteiger charge is -2.32.